The van der Waals surface area contributed by atoms with Gasteiger partial charge in [-0.2, -0.15) is 0 Å². The third-order valence-electron chi connectivity index (χ3n) is 5.08. The smallest absolute Gasteiger partial charge is 0.249 e. The Kier molecular flexibility index (Phi) is 4.14. The van der Waals surface area contributed by atoms with Gasteiger partial charge in [-0.1, -0.05) is 41.9 Å². The predicted octanol–water partition coefficient (Wildman–Crippen LogP) is 5.77. The minimum absolute atomic E-state index is 0.174. The van der Waals surface area contributed by atoms with E-state index in [4.69, 9.17) is 16.6 Å². The normalized spacial score (nSPS) is 11.2. The van der Waals surface area contributed by atoms with Crippen LogP contribution in [0.25, 0.3) is 44.3 Å². The number of hydrogen-bond donors (Lipinski definition) is 1. The number of benzene rings is 2. The number of nitrogens with one attached hydrogen (secondary N) is 1. The number of pyridine rings is 3. The van der Waals surface area contributed by atoms with Gasteiger partial charge in [0.2, 0.25) is 5.56 Å². The summed E-state index contributed by atoms with van der Waals surface area (Å²) < 4.78 is 0. The second kappa shape index (κ2) is 6.83. The highest BCUT2D eigenvalue weighted by atomic mass is 35.5. The molecule has 29 heavy (non-hydrogen) atoms. The molecule has 0 aliphatic heterocycles. The maximum absolute atomic E-state index is 11.8. The zero-order chi connectivity index (χ0) is 20.0. The number of aryl methyl sites for hydroxylation is 1. The lowest BCUT2D eigenvalue weighted by Gasteiger charge is -2.13. The van der Waals surface area contributed by atoms with E-state index in [0.29, 0.717) is 10.7 Å². The molecular weight excluding hydrogens is 382 g/mol. The highest BCUT2D eigenvalue weighted by Crippen LogP contribution is 2.37. The molecule has 0 saturated carbocycles. The van der Waals surface area contributed by atoms with Crippen molar-refractivity contribution in [1.29, 1.82) is 0 Å². The number of aromatic nitrogens is 3. The van der Waals surface area contributed by atoms with Crippen LogP contribution in [-0.4, -0.2) is 15.0 Å². The van der Waals surface area contributed by atoms with Crippen molar-refractivity contribution in [2.45, 2.75) is 6.92 Å². The Hall–Kier alpha value is -3.50. The minimum Gasteiger partial charge on any atom is -0.307 e. The summed E-state index contributed by atoms with van der Waals surface area (Å²) in [6.45, 7) is 2.05. The third kappa shape index (κ3) is 3.08. The molecule has 0 amide bonds. The lowest BCUT2D eigenvalue weighted by atomic mass is 9.96. The van der Waals surface area contributed by atoms with E-state index < -0.39 is 0 Å². The summed E-state index contributed by atoms with van der Waals surface area (Å²) in [5.74, 6) is 0. The van der Waals surface area contributed by atoms with Crippen molar-refractivity contribution in [3.8, 4) is 22.4 Å². The summed E-state index contributed by atoms with van der Waals surface area (Å²) in [7, 11) is 0. The van der Waals surface area contributed by atoms with Crippen LogP contribution in [-0.2, 0) is 0 Å². The van der Waals surface area contributed by atoms with Crippen molar-refractivity contribution in [2.24, 2.45) is 0 Å². The molecule has 0 fully saturated rings. The average molecular weight is 398 g/mol. The minimum atomic E-state index is -0.174. The molecule has 3 aromatic heterocycles. The molecule has 140 valence electrons. The Morgan fingerprint density at radius 2 is 1.76 bits per heavy atom. The average Bonchev–Trinajstić information content (AvgIpc) is 2.74. The Morgan fingerprint density at radius 1 is 0.931 bits per heavy atom. The van der Waals surface area contributed by atoms with Crippen LogP contribution in [0, 0.1) is 6.92 Å². The standard InChI is InChI=1S/C24H16ClN3O/c1-14-9-10-26-23-18(14)12-17(13-20(23)25)19-11-16-7-8-21(29)27-24(16)28-22(19)15-5-3-2-4-6-15/h2-13H,1H3,(H,27,28,29). The van der Waals surface area contributed by atoms with E-state index in [1.165, 1.54) is 6.07 Å². The topological polar surface area (TPSA) is 58.6 Å². The molecule has 0 saturated heterocycles. The van der Waals surface area contributed by atoms with Crippen LogP contribution < -0.4 is 5.56 Å². The van der Waals surface area contributed by atoms with Crippen molar-refractivity contribution in [3.05, 3.63) is 93.9 Å². The molecule has 0 unspecified atom stereocenters. The summed E-state index contributed by atoms with van der Waals surface area (Å²) in [6, 6.07) is 21.3. The van der Waals surface area contributed by atoms with Gasteiger partial charge in [0.05, 0.1) is 16.2 Å². The number of aromatic amines is 1. The van der Waals surface area contributed by atoms with E-state index in [9.17, 15) is 4.79 Å². The molecule has 1 N–H and O–H groups in total. The first-order chi connectivity index (χ1) is 14.1. The van der Waals surface area contributed by atoms with Crippen LogP contribution >= 0.6 is 11.6 Å². The zero-order valence-electron chi connectivity index (χ0n) is 15.6. The van der Waals surface area contributed by atoms with Crippen LogP contribution in [0.4, 0.5) is 0 Å². The van der Waals surface area contributed by atoms with Crippen molar-refractivity contribution in [2.75, 3.05) is 0 Å². The fourth-order valence-electron chi connectivity index (χ4n) is 3.62. The van der Waals surface area contributed by atoms with E-state index in [0.717, 1.165) is 44.2 Å². The largest absolute Gasteiger partial charge is 0.307 e. The molecule has 0 aliphatic carbocycles. The Balaban J connectivity index is 1.87. The third-order valence-corrected chi connectivity index (χ3v) is 5.37. The number of hydrogen-bond acceptors (Lipinski definition) is 3. The van der Waals surface area contributed by atoms with Crippen molar-refractivity contribution in [1.82, 2.24) is 15.0 Å². The maximum Gasteiger partial charge on any atom is 0.249 e. The van der Waals surface area contributed by atoms with Crippen LogP contribution in [0.5, 0.6) is 0 Å². The van der Waals surface area contributed by atoms with E-state index in [2.05, 4.69) is 16.0 Å². The lowest BCUT2D eigenvalue weighted by molar-refractivity contribution is 1.23. The first-order valence-corrected chi connectivity index (χ1v) is 9.63. The highest BCUT2D eigenvalue weighted by molar-refractivity contribution is 6.35. The van der Waals surface area contributed by atoms with Crippen molar-refractivity contribution < 1.29 is 0 Å². The SMILES string of the molecule is Cc1ccnc2c(Cl)cc(-c3cc4ccc(=O)[nH]c4nc3-c3ccccc3)cc12. The Bertz CT molecular complexity index is 1440. The summed E-state index contributed by atoms with van der Waals surface area (Å²) in [5.41, 5.74) is 5.94. The summed E-state index contributed by atoms with van der Waals surface area (Å²) in [5, 5.41) is 2.47. The van der Waals surface area contributed by atoms with Gasteiger partial charge in [-0.3, -0.25) is 9.78 Å². The first-order valence-electron chi connectivity index (χ1n) is 9.25. The van der Waals surface area contributed by atoms with E-state index >= 15 is 0 Å². The quantitative estimate of drug-likeness (QED) is 0.411. The van der Waals surface area contributed by atoms with Crippen LogP contribution in [0.2, 0.25) is 5.02 Å². The molecule has 0 bridgehead atoms. The van der Waals surface area contributed by atoms with Crippen LogP contribution in [0.1, 0.15) is 5.56 Å². The number of H-pyrrole nitrogens is 1. The van der Waals surface area contributed by atoms with Gasteiger partial charge in [0.25, 0.3) is 0 Å². The molecule has 4 nitrogen and oxygen atoms in total. The molecule has 0 spiro atoms. The fourth-order valence-corrected chi connectivity index (χ4v) is 3.88. The van der Waals surface area contributed by atoms with Gasteiger partial charge < -0.3 is 4.98 Å². The van der Waals surface area contributed by atoms with Crippen molar-refractivity contribution >= 4 is 33.5 Å². The molecular formula is C24H16ClN3O. The Labute approximate surface area is 171 Å². The van der Waals surface area contributed by atoms with E-state index in [1.807, 2.05) is 55.5 Å². The molecule has 0 aliphatic rings. The molecule has 5 rings (SSSR count). The monoisotopic (exact) mass is 397 g/mol. The van der Waals surface area contributed by atoms with Gasteiger partial charge in [-0.15, -0.1) is 0 Å². The molecule has 2 aromatic carbocycles. The zero-order valence-corrected chi connectivity index (χ0v) is 16.4. The van der Waals surface area contributed by atoms with Gasteiger partial charge in [0.15, 0.2) is 0 Å². The molecule has 5 heteroatoms. The van der Waals surface area contributed by atoms with Crippen molar-refractivity contribution in [3.63, 3.8) is 0 Å². The van der Waals surface area contributed by atoms with Gasteiger partial charge in [0.1, 0.15) is 5.65 Å². The molecule has 3 heterocycles. The second-order valence-corrected chi connectivity index (χ2v) is 7.40. The summed E-state index contributed by atoms with van der Waals surface area (Å²) in [6.07, 6.45) is 1.77. The summed E-state index contributed by atoms with van der Waals surface area (Å²) >= 11 is 6.59. The molecule has 0 atom stereocenters. The fraction of sp³-hybridized carbons (Fsp3) is 0.0417. The van der Waals surface area contributed by atoms with Gasteiger partial charge >= 0.3 is 0 Å². The summed E-state index contributed by atoms with van der Waals surface area (Å²) in [4.78, 5) is 23.9. The Morgan fingerprint density at radius 3 is 2.59 bits per heavy atom. The number of halogens is 1. The molecule has 5 aromatic rings. The number of nitrogens with zero attached hydrogens (tertiary/aromatic N) is 2. The van der Waals surface area contributed by atoms with E-state index in [1.54, 1.807) is 12.3 Å². The second-order valence-electron chi connectivity index (χ2n) is 6.99. The maximum atomic E-state index is 11.8. The van der Waals surface area contributed by atoms with Gasteiger partial charge in [0, 0.05) is 34.2 Å². The predicted molar refractivity (Wildman–Crippen MR) is 118 cm³/mol. The highest BCUT2D eigenvalue weighted by Gasteiger charge is 2.14. The van der Waals surface area contributed by atoms with Crippen LogP contribution in [0.3, 0.4) is 0 Å². The molecule has 0 radical (unpaired) electrons. The van der Waals surface area contributed by atoms with Crippen LogP contribution in [0.15, 0.2) is 77.7 Å². The number of rotatable bonds is 2. The van der Waals surface area contributed by atoms with Gasteiger partial charge in [-0.05, 0) is 48.4 Å². The first kappa shape index (κ1) is 17.6. The van der Waals surface area contributed by atoms with Gasteiger partial charge in [-0.25, -0.2) is 4.98 Å². The lowest BCUT2D eigenvalue weighted by Crippen LogP contribution is -2.04. The number of fused-ring (bicyclic) bond motifs is 2. The van der Waals surface area contributed by atoms with E-state index in [-0.39, 0.29) is 5.56 Å².